The maximum absolute atomic E-state index is 11.4. The van der Waals surface area contributed by atoms with Gasteiger partial charge in [-0.05, 0) is 36.4 Å². The molecule has 0 N–H and O–H groups in total. The third kappa shape index (κ3) is 4.22. The number of hydrogen-bond donors (Lipinski definition) is 0. The smallest absolute Gasteiger partial charge is 0.308 e. The lowest BCUT2D eigenvalue weighted by Crippen LogP contribution is -2.02. The van der Waals surface area contributed by atoms with Crippen LogP contribution < -0.4 is 9.47 Å². The summed E-state index contributed by atoms with van der Waals surface area (Å²) in [6.07, 6.45) is 1.12. The number of rotatable bonds is 4. The van der Waals surface area contributed by atoms with Crippen LogP contribution in [-0.2, 0) is 14.6 Å². The zero-order valence-electron chi connectivity index (χ0n) is 11.9. The second kappa shape index (κ2) is 6.37. The molecule has 2 aromatic carbocycles. The van der Waals surface area contributed by atoms with Gasteiger partial charge in [0.15, 0.2) is 21.3 Å². The van der Waals surface area contributed by atoms with E-state index in [9.17, 15) is 13.2 Å². The van der Waals surface area contributed by atoms with E-state index in [1.165, 1.54) is 43.3 Å². The topological polar surface area (TPSA) is 69.7 Å². The van der Waals surface area contributed by atoms with Crippen molar-refractivity contribution in [3.63, 3.8) is 0 Å². The molecule has 0 spiro atoms. The molecular formula is C15H13ClO5S. The highest BCUT2D eigenvalue weighted by Gasteiger charge is 2.11. The first-order chi connectivity index (χ1) is 10.3. The number of esters is 1. The number of sulfone groups is 1. The third-order valence-corrected chi connectivity index (χ3v) is 4.00. The zero-order chi connectivity index (χ0) is 16.3. The minimum absolute atomic E-state index is 0.186. The monoisotopic (exact) mass is 340 g/mol. The summed E-state index contributed by atoms with van der Waals surface area (Å²) in [5.41, 5.74) is 0. The lowest BCUT2D eigenvalue weighted by Gasteiger charge is -2.11. The van der Waals surface area contributed by atoms with Crippen LogP contribution in [0.1, 0.15) is 6.92 Å². The van der Waals surface area contributed by atoms with Gasteiger partial charge in [0.25, 0.3) is 0 Å². The van der Waals surface area contributed by atoms with Crippen molar-refractivity contribution in [1.29, 1.82) is 0 Å². The van der Waals surface area contributed by atoms with Crippen LogP contribution in [0.2, 0.25) is 5.02 Å². The molecule has 0 atom stereocenters. The molecule has 0 aliphatic heterocycles. The summed E-state index contributed by atoms with van der Waals surface area (Å²) in [7, 11) is -3.27. The Morgan fingerprint density at radius 2 is 1.68 bits per heavy atom. The molecule has 0 heterocycles. The number of carbonyl (C=O) groups is 1. The molecule has 0 fully saturated rings. The molecule has 0 saturated heterocycles. The molecule has 0 amide bonds. The Morgan fingerprint density at radius 3 is 2.23 bits per heavy atom. The van der Waals surface area contributed by atoms with Gasteiger partial charge in [0.1, 0.15) is 5.75 Å². The predicted molar refractivity (Wildman–Crippen MR) is 82.4 cm³/mol. The average Bonchev–Trinajstić information content (AvgIpc) is 2.41. The van der Waals surface area contributed by atoms with E-state index >= 15 is 0 Å². The van der Waals surface area contributed by atoms with Crippen molar-refractivity contribution in [3.05, 3.63) is 47.5 Å². The summed E-state index contributed by atoms with van der Waals surface area (Å²) < 4.78 is 33.4. The van der Waals surface area contributed by atoms with Crippen LogP contribution >= 0.6 is 11.6 Å². The van der Waals surface area contributed by atoms with E-state index in [0.29, 0.717) is 10.8 Å². The van der Waals surface area contributed by atoms with Crippen LogP contribution in [0.5, 0.6) is 17.2 Å². The lowest BCUT2D eigenvalue weighted by molar-refractivity contribution is -0.132. The third-order valence-electron chi connectivity index (χ3n) is 2.64. The van der Waals surface area contributed by atoms with Crippen molar-refractivity contribution in [2.45, 2.75) is 11.8 Å². The Bertz CT molecular complexity index is 797. The van der Waals surface area contributed by atoms with Gasteiger partial charge < -0.3 is 9.47 Å². The maximum Gasteiger partial charge on any atom is 0.308 e. The van der Waals surface area contributed by atoms with Gasteiger partial charge in [-0.1, -0.05) is 11.6 Å². The summed E-state index contributed by atoms with van der Waals surface area (Å²) in [5.74, 6) is 0.390. The SMILES string of the molecule is CC(=O)Oc1ccc(Cl)cc1Oc1ccc(S(C)(=O)=O)cc1. The van der Waals surface area contributed by atoms with E-state index in [1.807, 2.05) is 0 Å². The van der Waals surface area contributed by atoms with E-state index in [-0.39, 0.29) is 16.4 Å². The van der Waals surface area contributed by atoms with Crippen LogP contribution in [-0.4, -0.2) is 20.6 Å². The number of ether oxygens (including phenoxy) is 2. The Kier molecular flexibility index (Phi) is 4.73. The standard InChI is InChI=1S/C15H13ClO5S/c1-10(17)20-14-8-3-11(16)9-15(14)21-12-4-6-13(7-5-12)22(2,18)19/h3-9H,1-2H3. The van der Waals surface area contributed by atoms with Gasteiger partial charge in [0.2, 0.25) is 0 Å². The Balaban J connectivity index is 2.30. The van der Waals surface area contributed by atoms with Crippen LogP contribution in [0.15, 0.2) is 47.4 Å². The normalized spacial score (nSPS) is 11.0. The summed E-state index contributed by atoms with van der Waals surface area (Å²) in [6, 6.07) is 10.5. The molecule has 0 bridgehead atoms. The molecule has 0 unspecified atom stereocenters. The highest BCUT2D eigenvalue weighted by Crippen LogP contribution is 2.34. The van der Waals surface area contributed by atoms with Crippen molar-refractivity contribution < 1.29 is 22.7 Å². The van der Waals surface area contributed by atoms with Crippen molar-refractivity contribution in [3.8, 4) is 17.2 Å². The molecule has 7 heteroatoms. The molecule has 22 heavy (non-hydrogen) atoms. The second-order valence-corrected chi connectivity index (χ2v) is 6.98. The Hall–Kier alpha value is -2.05. The number of hydrogen-bond acceptors (Lipinski definition) is 5. The number of halogens is 1. The summed E-state index contributed by atoms with van der Waals surface area (Å²) in [5, 5.41) is 0.415. The van der Waals surface area contributed by atoms with Crippen LogP contribution in [0.25, 0.3) is 0 Å². The van der Waals surface area contributed by atoms with Gasteiger partial charge in [-0.3, -0.25) is 4.79 Å². The molecule has 2 rings (SSSR count). The van der Waals surface area contributed by atoms with Crippen molar-refractivity contribution in [2.24, 2.45) is 0 Å². The minimum Gasteiger partial charge on any atom is -0.453 e. The van der Waals surface area contributed by atoms with Gasteiger partial charge in [0, 0.05) is 24.3 Å². The van der Waals surface area contributed by atoms with E-state index in [0.717, 1.165) is 6.26 Å². The van der Waals surface area contributed by atoms with Crippen LogP contribution in [0.4, 0.5) is 0 Å². The molecule has 0 aliphatic carbocycles. The van der Waals surface area contributed by atoms with Gasteiger partial charge in [0.05, 0.1) is 4.90 Å². The first kappa shape index (κ1) is 16.3. The molecule has 5 nitrogen and oxygen atoms in total. The molecular weight excluding hydrogens is 328 g/mol. The van der Waals surface area contributed by atoms with Gasteiger partial charge >= 0.3 is 5.97 Å². The second-order valence-electron chi connectivity index (χ2n) is 4.53. The average molecular weight is 341 g/mol. The fourth-order valence-corrected chi connectivity index (χ4v) is 2.48. The maximum atomic E-state index is 11.4. The highest BCUT2D eigenvalue weighted by molar-refractivity contribution is 7.90. The first-order valence-corrected chi connectivity index (χ1v) is 8.48. The van der Waals surface area contributed by atoms with Crippen molar-refractivity contribution in [2.75, 3.05) is 6.26 Å². The fourth-order valence-electron chi connectivity index (χ4n) is 1.68. The zero-order valence-corrected chi connectivity index (χ0v) is 13.4. The molecule has 2 aromatic rings. The first-order valence-electron chi connectivity index (χ1n) is 6.21. The summed E-state index contributed by atoms with van der Waals surface area (Å²) >= 11 is 5.90. The van der Waals surface area contributed by atoms with Gasteiger partial charge in [-0.15, -0.1) is 0 Å². The minimum atomic E-state index is -3.27. The molecule has 0 aliphatic rings. The van der Waals surface area contributed by atoms with Crippen molar-refractivity contribution in [1.82, 2.24) is 0 Å². The highest BCUT2D eigenvalue weighted by atomic mass is 35.5. The van der Waals surface area contributed by atoms with Crippen LogP contribution in [0.3, 0.4) is 0 Å². The van der Waals surface area contributed by atoms with E-state index in [2.05, 4.69) is 0 Å². The van der Waals surface area contributed by atoms with E-state index in [4.69, 9.17) is 21.1 Å². The molecule has 0 radical (unpaired) electrons. The van der Waals surface area contributed by atoms with Crippen LogP contribution in [0, 0.1) is 0 Å². The summed E-state index contributed by atoms with van der Waals surface area (Å²) in [6.45, 7) is 1.28. The quantitative estimate of drug-likeness (QED) is 0.629. The summed E-state index contributed by atoms with van der Waals surface area (Å²) in [4.78, 5) is 11.3. The van der Waals surface area contributed by atoms with Gasteiger partial charge in [-0.2, -0.15) is 0 Å². The Morgan fingerprint density at radius 1 is 1.05 bits per heavy atom. The van der Waals surface area contributed by atoms with E-state index < -0.39 is 15.8 Å². The Labute approximate surface area is 133 Å². The largest absolute Gasteiger partial charge is 0.453 e. The van der Waals surface area contributed by atoms with Gasteiger partial charge in [-0.25, -0.2) is 8.42 Å². The molecule has 0 saturated carbocycles. The lowest BCUT2D eigenvalue weighted by atomic mass is 10.3. The molecule has 0 aromatic heterocycles. The number of benzene rings is 2. The predicted octanol–water partition coefficient (Wildman–Crippen LogP) is 3.46. The molecule has 116 valence electrons. The van der Waals surface area contributed by atoms with E-state index in [1.54, 1.807) is 6.07 Å². The van der Waals surface area contributed by atoms with Crippen molar-refractivity contribution >= 4 is 27.4 Å². The fraction of sp³-hybridized carbons (Fsp3) is 0.133. The number of carbonyl (C=O) groups excluding carboxylic acids is 1.